The summed E-state index contributed by atoms with van der Waals surface area (Å²) in [4.78, 5) is 6.81. The fraction of sp³-hybridized carbons (Fsp3) is 0.286. The molecule has 5 heteroatoms. The number of anilines is 1. The zero-order valence-corrected chi connectivity index (χ0v) is 11.4. The van der Waals surface area contributed by atoms with Gasteiger partial charge in [-0.15, -0.1) is 0 Å². The van der Waals surface area contributed by atoms with Gasteiger partial charge in [-0.2, -0.15) is 11.3 Å². The normalized spacial score (nSPS) is 14.3. The van der Waals surface area contributed by atoms with Gasteiger partial charge in [0.25, 0.3) is 0 Å². The van der Waals surface area contributed by atoms with E-state index in [2.05, 4.69) is 26.7 Å². The molecule has 0 saturated heterocycles. The van der Waals surface area contributed by atoms with Crippen LogP contribution in [0, 0.1) is 5.41 Å². The van der Waals surface area contributed by atoms with Gasteiger partial charge in [0.15, 0.2) is 0 Å². The highest BCUT2D eigenvalue weighted by atomic mass is 32.1. The van der Waals surface area contributed by atoms with Crippen LogP contribution in [-0.4, -0.2) is 16.9 Å². The van der Waals surface area contributed by atoms with Crippen molar-refractivity contribution in [3.8, 4) is 0 Å². The number of nitrogens with one attached hydrogen (secondary N) is 1. The number of nitrogens with two attached hydrogens (primary N) is 1. The molecule has 0 aliphatic heterocycles. The molecule has 0 amide bonds. The van der Waals surface area contributed by atoms with Crippen LogP contribution in [0.3, 0.4) is 0 Å². The van der Waals surface area contributed by atoms with Crippen LogP contribution in [0.5, 0.6) is 0 Å². The predicted octanol–water partition coefficient (Wildman–Crippen LogP) is 2.60. The zero-order chi connectivity index (χ0) is 13.2. The molecule has 1 aliphatic carbocycles. The number of aromatic nitrogens is 1. The number of pyridine rings is 1. The molecule has 98 valence electrons. The third-order valence-corrected chi connectivity index (χ3v) is 3.96. The van der Waals surface area contributed by atoms with Crippen LogP contribution in [0.25, 0.3) is 0 Å². The smallest absolute Gasteiger partial charge is 0.141 e. The first kappa shape index (κ1) is 12.2. The van der Waals surface area contributed by atoms with Crippen molar-refractivity contribution < 1.29 is 0 Å². The van der Waals surface area contributed by atoms with E-state index in [0.717, 1.165) is 12.4 Å². The standard InChI is InChI=1S/C14H16N4S/c15-14(16)12-2-1-3-13(17-12)18(11-4-5-11)8-10-6-7-19-9-10/h1-3,6-7,9,11H,4-5,8H2,(H3,15,16). The highest BCUT2D eigenvalue weighted by Gasteiger charge is 2.30. The number of nitrogens with zero attached hydrogens (tertiary/aromatic N) is 2. The van der Waals surface area contributed by atoms with Crippen LogP contribution in [0.2, 0.25) is 0 Å². The summed E-state index contributed by atoms with van der Waals surface area (Å²) in [6.45, 7) is 0.878. The summed E-state index contributed by atoms with van der Waals surface area (Å²) in [5, 5.41) is 11.8. The van der Waals surface area contributed by atoms with E-state index in [1.54, 1.807) is 17.4 Å². The Kier molecular flexibility index (Phi) is 3.21. The van der Waals surface area contributed by atoms with E-state index in [1.165, 1.54) is 18.4 Å². The Morgan fingerprint density at radius 3 is 2.89 bits per heavy atom. The first-order valence-corrected chi connectivity index (χ1v) is 7.27. The lowest BCUT2D eigenvalue weighted by molar-refractivity contribution is 0.779. The molecule has 0 aromatic carbocycles. The van der Waals surface area contributed by atoms with Crippen molar-refractivity contribution in [1.82, 2.24) is 4.98 Å². The first-order chi connectivity index (χ1) is 9.24. The minimum atomic E-state index is 0.0214. The van der Waals surface area contributed by atoms with Crippen molar-refractivity contribution in [1.29, 1.82) is 5.41 Å². The third kappa shape index (κ3) is 2.76. The number of hydrogen-bond donors (Lipinski definition) is 2. The molecule has 0 atom stereocenters. The zero-order valence-electron chi connectivity index (χ0n) is 10.5. The van der Waals surface area contributed by atoms with E-state index in [0.29, 0.717) is 11.7 Å². The van der Waals surface area contributed by atoms with Gasteiger partial charge < -0.3 is 10.6 Å². The molecule has 2 heterocycles. The van der Waals surface area contributed by atoms with Crippen LogP contribution in [0.4, 0.5) is 5.82 Å². The van der Waals surface area contributed by atoms with Gasteiger partial charge in [-0.1, -0.05) is 6.07 Å². The van der Waals surface area contributed by atoms with Crippen molar-refractivity contribution in [2.24, 2.45) is 5.73 Å². The molecule has 3 rings (SSSR count). The minimum Gasteiger partial charge on any atom is -0.382 e. The topological polar surface area (TPSA) is 66.0 Å². The number of hydrogen-bond acceptors (Lipinski definition) is 4. The van der Waals surface area contributed by atoms with Crippen molar-refractivity contribution in [3.63, 3.8) is 0 Å². The molecule has 1 fully saturated rings. The average molecular weight is 272 g/mol. The molecule has 3 N–H and O–H groups in total. The molecule has 0 bridgehead atoms. The van der Waals surface area contributed by atoms with Gasteiger partial charge in [0, 0.05) is 12.6 Å². The fourth-order valence-corrected chi connectivity index (χ4v) is 2.76. The summed E-state index contributed by atoms with van der Waals surface area (Å²) in [6.07, 6.45) is 2.44. The Bertz CT molecular complexity index is 575. The average Bonchev–Trinajstić information content (AvgIpc) is 3.13. The number of nitrogen functional groups attached to an aromatic ring is 1. The molecule has 4 nitrogen and oxygen atoms in total. The molecule has 19 heavy (non-hydrogen) atoms. The molecule has 1 aliphatic rings. The van der Waals surface area contributed by atoms with Gasteiger partial charge in [0.2, 0.25) is 0 Å². The molecule has 0 unspecified atom stereocenters. The predicted molar refractivity (Wildman–Crippen MR) is 78.8 cm³/mol. The summed E-state index contributed by atoms with van der Waals surface area (Å²) < 4.78 is 0. The highest BCUT2D eigenvalue weighted by Crippen LogP contribution is 2.32. The second-order valence-corrected chi connectivity index (χ2v) is 5.57. The van der Waals surface area contributed by atoms with Crippen LogP contribution in [-0.2, 0) is 6.54 Å². The first-order valence-electron chi connectivity index (χ1n) is 6.33. The molecule has 1 saturated carbocycles. The number of amidine groups is 1. The van der Waals surface area contributed by atoms with E-state index in [1.807, 2.05) is 12.1 Å². The molecule has 2 aromatic rings. The summed E-state index contributed by atoms with van der Waals surface area (Å²) >= 11 is 1.72. The van der Waals surface area contributed by atoms with Crippen LogP contribution in [0.15, 0.2) is 35.0 Å². The van der Waals surface area contributed by atoms with Crippen LogP contribution < -0.4 is 10.6 Å². The van der Waals surface area contributed by atoms with E-state index in [9.17, 15) is 0 Å². The highest BCUT2D eigenvalue weighted by molar-refractivity contribution is 7.07. The Morgan fingerprint density at radius 2 is 2.26 bits per heavy atom. The number of thiophene rings is 1. The molecule has 0 radical (unpaired) electrons. The molecule has 0 spiro atoms. The summed E-state index contributed by atoms with van der Waals surface area (Å²) in [5.41, 5.74) is 7.38. The largest absolute Gasteiger partial charge is 0.382 e. The van der Waals surface area contributed by atoms with E-state index in [4.69, 9.17) is 11.1 Å². The number of rotatable bonds is 5. The van der Waals surface area contributed by atoms with Gasteiger partial charge in [0.05, 0.1) is 0 Å². The second-order valence-electron chi connectivity index (χ2n) is 4.79. The lowest BCUT2D eigenvalue weighted by Gasteiger charge is -2.23. The maximum Gasteiger partial charge on any atom is 0.141 e. The third-order valence-electron chi connectivity index (χ3n) is 3.23. The van der Waals surface area contributed by atoms with Gasteiger partial charge in [-0.3, -0.25) is 5.41 Å². The van der Waals surface area contributed by atoms with Crippen LogP contribution in [0.1, 0.15) is 24.1 Å². The van der Waals surface area contributed by atoms with Crippen molar-refractivity contribution in [3.05, 3.63) is 46.3 Å². The fourth-order valence-electron chi connectivity index (χ4n) is 2.10. The van der Waals surface area contributed by atoms with Crippen LogP contribution >= 0.6 is 11.3 Å². The summed E-state index contributed by atoms with van der Waals surface area (Å²) in [7, 11) is 0. The Hall–Kier alpha value is -1.88. The van der Waals surface area contributed by atoms with Gasteiger partial charge in [-0.25, -0.2) is 4.98 Å². The van der Waals surface area contributed by atoms with E-state index < -0.39 is 0 Å². The second kappa shape index (κ2) is 5.01. The quantitative estimate of drug-likeness (QED) is 0.649. The SMILES string of the molecule is N=C(N)c1cccc(N(Cc2ccsc2)C2CC2)n1. The lowest BCUT2D eigenvalue weighted by Crippen LogP contribution is -2.26. The van der Waals surface area contributed by atoms with Gasteiger partial charge in [-0.05, 0) is 47.4 Å². The van der Waals surface area contributed by atoms with Crippen molar-refractivity contribution >= 4 is 23.0 Å². The minimum absolute atomic E-state index is 0.0214. The van der Waals surface area contributed by atoms with E-state index >= 15 is 0 Å². The molecular formula is C14H16N4S. The van der Waals surface area contributed by atoms with Gasteiger partial charge in [0.1, 0.15) is 17.3 Å². The lowest BCUT2D eigenvalue weighted by atomic mass is 10.2. The Balaban J connectivity index is 1.87. The monoisotopic (exact) mass is 272 g/mol. The Labute approximate surface area is 116 Å². The summed E-state index contributed by atoms with van der Waals surface area (Å²) in [5.74, 6) is 0.939. The van der Waals surface area contributed by atoms with Crippen molar-refractivity contribution in [2.45, 2.75) is 25.4 Å². The molecular weight excluding hydrogens is 256 g/mol. The summed E-state index contributed by atoms with van der Waals surface area (Å²) in [6, 6.07) is 8.42. The van der Waals surface area contributed by atoms with E-state index in [-0.39, 0.29) is 5.84 Å². The molecule has 2 aromatic heterocycles. The van der Waals surface area contributed by atoms with Crippen molar-refractivity contribution in [2.75, 3.05) is 4.90 Å². The maximum atomic E-state index is 7.49. The Morgan fingerprint density at radius 1 is 1.42 bits per heavy atom. The van der Waals surface area contributed by atoms with Gasteiger partial charge >= 0.3 is 0 Å². The maximum absolute atomic E-state index is 7.49.